The number of ether oxygens (including phenoxy) is 1. The summed E-state index contributed by atoms with van der Waals surface area (Å²) in [6, 6.07) is 1.01. The van der Waals surface area contributed by atoms with E-state index in [0.29, 0.717) is 13.0 Å². The first-order chi connectivity index (χ1) is 10.2. The van der Waals surface area contributed by atoms with E-state index in [1.54, 1.807) is 14.2 Å². The van der Waals surface area contributed by atoms with E-state index in [0.717, 1.165) is 32.0 Å². The van der Waals surface area contributed by atoms with Gasteiger partial charge >= 0.3 is 14.5 Å². The van der Waals surface area contributed by atoms with Crippen LogP contribution in [0, 0.1) is 0 Å². The predicted octanol–water partition coefficient (Wildman–Crippen LogP) is 3.22. The van der Waals surface area contributed by atoms with E-state index < -0.39 is 16.8 Å². The molecule has 7 heteroatoms. The van der Waals surface area contributed by atoms with Crippen LogP contribution in [0.25, 0.3) is 0 Å². The first-order valence-electron chi connectivity index (χ1n) is 8.19. The van der Waals surface area contributed by atoms with Gasteiger partial charge in [-0.1, -0.05) is 26.1 Å². The Bertz CT molecular complexity index is 317. The lowest BCUT2D eigenvalue weighted by Crippen LogP contribution is -2.47. The molecule has 0 rings (SSSR count). The van der Waals surface area contributed by atoms with E-state index in [1.165, 1.54) is 0 Å². The molecule has 22 heavy (non-hydrogen) atoms. The molecular weight excluding hydrogens is 314 g/mol. The number of hydrogen-bond acceptors (Lipinski definition) is 5. The van der Waals surface area contributed by atoms with Crippen LogP contribution in [0.3, 0.4) is 0 Å². The zero-order valence-corrected chi connectivity index (χ0v) is 17.5. The second-order valence-corrected chi connectivity index (χ2v) is 15.3. The van der Waals surface area contributed by atoms with E-state index in [2.05, 4.69) is 30.8 Å². The molecule has 132 valence electrons. The lowest BCUT2D eigenvalue weighted by Gasteiger charge is -2.34. The van der Waals surface area contributed by atoms with Crippen molar-refractivity contribution in [1.29, 1.82) is 0 Å². The third kappa shape index (κ3) is 9.04. The summed E-state index contributed by atoms with van der Waals surface area (Å²) < 4.78 is 18.6. The summed E-state index contributed by atoms with van der Waals surface area (Å²) in [4.78, 5) is 11.6. The van der Waals surface area contributed by atoms with Crippen LogP contribution in [0.2, 0.25) is 32.2 Å². The van der Waals surface area contributed by atoms with Crippen molar-refractivity contribution in [3.8, 4) is 0 Å². The lowest BCUT2D eigenvalue weighted by molar-refractivity contribution is -0.143. The number of carbonyl (C=O) groups excluding carboxylic acids is 1. The minimum atomic E-state index is -1.94. The molecular formula is C15H35NO4Si2. The molecule has 0 aliphatic rings. The lowest BCUT2D eigenvalue weighted by atomic mass is 10.3. The van der Waals surface area contributed by atoms with Crippen LogP contribution in [-0.2, 0) is 18.4 Å². The Hall–Kier alpha value is -0.216. The summed E-state index contributed by atoms with van der Waals surface area (Å²) in [5.41, 5.74) is 0. The van der Waals surface area contributed by atoms with E-state index in [1.807, 2.05) is 6.92 Å². The molecule has 5 nitrogen and oxygen atoms in total. The largest absolute Gasteiger partial charge is 0.466 e. The Labute approximate surface area is 138 Å². The fourth-order valence-corrected chi connectivity index (χ4v) is 5.36. The molecule has 0 heterocycles. The maximum absolute atomic E-state index is 11.6. The van der Waals surface area contributed by atoms with Crippen molar-refractivity contribution in [3.63, 3.8) is 0 Å². The maximum atomic E-state index is 11.6. The van der Waals surface area contributed by atoms with E-state index in [4.69, 9.17) is 13.6 Å². The standard InChI is InChI=1S/C15H35NO4Si2/c1-8-20-15(17)11-13-16(21(4,5)6)12-9-10-14-22(7,18-2)19-3/h8-14H2,1-7H3. The summed E-state index contributed by atoms with van der Waals surface area (Å²) in [6.07, 6.45) is 2.70. The fraction of sp³-hybridized carbons (Fsp3) is 0.933. The molecule has 0 aromatic carbocycles. The molecule has 0 saturated carbocycles. The third-order valence-corrected chi connectivity index (χ3v) is 9.35. The van der Waals surface area contributed by atoms with Crippen molar-refractivity contribution in [1.82, 2.24) is 4.57 Å². The Morgan fingerprint density at radius 3 is 2.05 bits per heavy atom. The number of rotatable bonds is 12. The summed E-state index contributed by atoms with van der Waals surface area (Å²) in [6.45, 7) is 13.2. The quantitative estimate of drug-likeness (QED) is 0.307. The molecule has 0 bridgehead atoms. The van der Waals surface area contributed by atoms with Gasteiger partial charge in [0.15, 0.2) is 0 Å². The smallest absolute Gasteiger partial charge is 0.334 e. The predicted molar refractivity (Wildman–Crippen MR) is 95.8 cm³/mol. The maximum Gasteiger partial charge on any atom is 0.334 e. The summed E-state index contributed by atoms with van der Waals surface area (Å²) in [5.74, 6) is -0.0931. The van der Waals surface area contributed by atoms with Crippen molar-refractivity contribution in [2.24, 2.45) is 0 Å². The van der Waals surface area contributed by atoms with Gasteiger partial charge < -0.3 is 18.2 Å². The van der Waals surface area contributed by atoms with Crippen molar-refractivity contribution in [3.05, 3.63) is 0 Å². The Balaban J connectivity index is 4.24. The Morgan fingerprint density at radius 2 is 1.59 bits per heavy atom. The van der Waals surface area contributed by atoms with Crippen LogP contribution in [0.5, 0.6) is 0 Å². The van der Waals surface area contributed by atoms with Gasteiger partial charge in [-0.15, -0.1) is 0 Å². The molecule has 0 atom stereocenters. The second-order valence-electron chi connectivity index (χ2n) is 6.71. The van der Waals surface area contributed by atoms with Gasteiger partial charge in [0, 0.05) is 20.8 Å². The molecule has 0 amide bonds. The van der Waals surface area contributed by atoms with E-state index in [-0.39, 0.29) is 5.97 Å². The fourth-order valence-electron chi connectivity index (χ4n) is 2.28. The van der Waals surface area contributed by atoms with Crippen molar-refractivity contribution < 1.29 is 18.4 Å². The first-order valence-corrected chi connectivity index (χ1v) is 14.2. The Kier molecular flexibility index (Phi) is 10.4. The zero-order chi connectivity index (χ0) is 17.2. The van der Waals surface area contributed by atoms with E-state index >= 15 is 0 Å². The molecule has 0 aromatic rings. The van der Waals surface area contributed by atoms with Crippen molar-refractivity contribution in [2.75, 3.05) is 33.9 Å². The molecule has 0 saturated heterocycles. The highest BCUT2D eigenvalue weighted by Gasteiger charge is 2.28. The second kappa shape index (κ2) is 10.5. The van der Waals surface area contributed by atoms with Crippen LogP contribution < -0.4 is 0 Å². The van der Waals surface area contributed by atoms with Gasteiger partial charge in [-0.2, -0.15) is 0 Å². The number of carbonyl (C=O) groups is 1. The molecule has 0 aliphatic carbocycles. The molecule has 0 fully saturated rings. The summed E-state index contributed by atoms with van der Waals surface area (Å²) in [5, 5.41) is 0. The number of nitrogens with zero attached hydrogens (tertiary/aromatic N) is 1. The average Bonchev–Trinajstić information content (AvgIpc) is 2.45. The van der Waals surface area contributed by atoms with Crippen LogP contribution in [-0.4, -0.2) is 61.2 Å². The number of esters is 1. The molecule has 0 aromatic heterocycles. The SMILES string of the molecule is CCOC(=O)CCN(CCCC[Si](C)(OC)OC)[Si](C)(C)C. The van der Waals surface area contributed by atoms with Gasteiger partial charge in [0.1, 0.15) is 8.24 Å². The molecule has 0 N–H and O–H groups in total. The van der Waals surface area contributed by atoms with Crippen molar-refractivity contribution >= 4 is 22.8 Å². The van der Waals surface area contributed by atoms with Gasteiger partial charge in [0.25, 0.3) is 0 Å². The highest BCUT2D eigenvalue weighted by atomic mass is 28.4. The highest BCUT2D eigenvalue weighted by Crippen LogP contribution is 2.17. The Morgan fingerprint density at radius 1 is 1.00 bits per heavy atom. The molecule has 0 radical (unpaired) electrons. The van der Waals surface area contributed by atoms with Crippen LogP contribution in [0.1, 0.15) is 26.2 Å². The van der Waals surface area contributed by atoms with Crippen LogP contribution in [0.4, 0.5) is 0 Å². The molecule has 0 spiro atoms. The van der Waals surface area contributed by atoms with Crippen LogP contribution in [0.15, 0.2) is 0 Å². The first kappa shape index (κ1) is 21.8. The highest BCUT2D eigenvalue weighted by molar-refractivity contribution is 6.73. The van der Waals surface area contributed by atoms with Gasteiger partial charge in [0.05, 0.1) is 13.0 Å². The molecule has 0 aliphatic heterocycles. The average molecular weight is 350 g/mol. The summed E-state index contributed by atoms with van der Waals surface area (Å²) in [7, 11) is 0.121. The minimum Gasteiger partial charge on any atom is -0.466 e. The monoisotopic (exact) mass is 349 g/mol. The zero-order valence-electron chi connectivity index (χ0n) is 15.5. The minimum absolute atomic E-state index is 0.0931. The number of hydrogen-bond donors (Lipinski definition) is 0. The van der Waals surface area contributed by atoms with E-state index in [9.17, 15) is 4.79 Å². The van der Waals surface area contributed by atoms with Gasteiger partial charge in [-0.3, -0.25) is 4.79 Å². The molecule has 0 unspecified atom stereocenters. The topological polar surface area (TPSA) is 48.0 Å². The van der Waals surface area contributed by atoms with Gasteiger partial charge in [0.2, 0.25) is 0 Å². The van der Waals surface area contributed by atoms with Gasteiger partial charge in [-0.05, 0) is 32.5 Å². The third-order valence-electron chi connectivity index (χ3n) is 4.01. The summed E-state index contributed by atoms with van der Waals surface area (Å²) >= 11 is 0. The normalized spacial score (nSPS) is 12.7. The van der Waals surface area contributed by atoms with Crippen molar-refractivity contribution in [2.45, 2.75) is 58.4 Å². The van der Waals surface area contributed by atoms with Gasteiger partial charge in [-0.25, -0.2) is 0 Å². The number of unbranched alkanes of at least 4 members (excludes halogenated alkanes) is 1. The van der Waals surface area contributed by atoms with Crippen LogP contribution >= 0.6 is 0 Å².